The van der Waals surface area contributed by atoms with Crippen molar-refractivity contribution in [3.05, 3.63) is 101 Å². The predicted molar refractivity (Wildman–Crippen MR) is 112 cm³/mol. The molecule has 146 valence electrons. The molecule has 3 aromatic carbocycles. The number of anilines is 1. The second-order valence-electron chi connectivity index (χ2n) is 6.76. The van der Waals surface area contributed by atoms with E-state index in [0.717, 1.165) is 16.7 Å². The molecule has 1 aliphatic rings. The molecule has 6 heteroatoms. The monoisotopic (exact) mass is 406 g/mol. The summed E-state index contributed by atoms with van der Waals surface area (Å²) in [5, 5.41) is 3.39. The van der Waals surface area contributed by atoms with Gasteiger partial charge in [-0.25, -0.2) is 4.79 Å². The van der Waals surface area contributed by atoms with Gasteiger partial charge in [-0.2, -0.15) is 0 Å². The first-order valence-corrected chi connectivity index (χ1v) is 9.61. The normalized spacial score (nSPS) is 15.8. The van der Waals surface area contributed by atoms with E-state index < -0.39 is 12.1 Å². The Morgan fingerprint density at radius 1 is 1.03 bits per heavy atom. The quantitative estimate of drug-likeness (QED) is 0.664. The van der Waals surface area contributed by atoms with Crippen molar-refractivity contribution in [3.8, 4) is 0 Å². The fourth-order valence-corrected chi connectivity index (χ4v) is 3.62. The molecule has 1 N–H and O–H groups in total. The third-order valence-electron chi connectivity index (χ3n) is 4.76. The molecule has 0 spiro atoms. The van der Waals surface area contributed by atoms with Crippen molar-refractivity contribution in [1.29, 1.82) is 0 Å². The van der Waals surface area contributed by atoms with Gasteiger partial charge in [0.25, 0.3) is 0 Å². The lowest BCUT2D eigenvalue weighted by atomic mass is 9.96. The maximum Gasteiger partial charge on any atom is 0.411 e. The predicted octanol–water partition coefficient (Wildman–Crippen LogP) is 5.02. The second kappa shape index (κ2) is 8.37. The van der Waals surface area contributed by atoms with Crippen LogP contribution in [-0.4, -0.2) is 23.4 Å². The number of ether oxygens (including phenoxy) is 1. The van der Waals surface area contributed by atoms with E-state index in [2.05, 4.69) is 5.32 Å². The molecule has 1 heterocycles. The summed E-state index contributed by atoms with van der Waals surface area (Å²) in [6, 6.07) is 23.7. The van der Waals surface area contributed by atoms with E-state index in [9.17, 15) is 9.59 Å². The Balaban J connectivity index is 1.71. The van der Waals surface area contributed by atoms with Crippen molar-refractivity contribution in [1.82, 2.24) is 4.90 Å². The van der Waals surface area contributed by atoms with Crippen molar-refractivity contribution in [2.45, 2.75) is 12.6 Å². The number of hydrogen-bond acceptors (Lipinski definition) is 3. The minimum absolute atomic E-state index is 0.126. The number of rotatable bonds is 3. The molecule has 4 rings (SSSR count). The molecule has 1 unspecified atom stereocenters. The summed E-state index contributed by atoms with van der Waals surface area (Å²) in [5.41, 5.74) is 3.11. The molecular weight excluding hydrogens is 388 g/mol. The zero-order valence-corrected chi connectivity index (χ0v) is 16.3. The van der Waals surface area contributed by atoms with Gasteiger partial charge in [0, 0.05) is 16.3 Å². The highest BCUT2D eigenvalue weighted by atomic mass is 35.5. The van der Waals surface area contributed by atoms with Crippen LogP contribution in [0.1, 0.15) is 22.7 Å². The lowest BCUT2D eigenvalue weighted by molar-refractivity contribution is -0.117. The van der Waals surface area contributed by atoms with Crippen molar-refractivity contribution in [2.75, 3.05) is 11.9 Å². The molecule has 2 amide bonds. The van der Waals surface area contributed by atoms with E-state index in [1.807, 2.05) is 60.7 Å². The summed E-state index contributed by atoms with van der Waals surface area (Å²) in [4.78, 5) is 27.0. The lowest BCUT2D eigenvalue weighted by Crippen LogP contribution is -2.39. The van der Waals surface area contributed by atoms with Gasteiger partial charge < -0.3 is 10.1 Å². The van der Waals surface area contributed by atoms with Crippen LogP contribution < -0.4 is 5.32 Å². The second-order valence-corrected chi connectivity index (χ2v) is 7.20. The van der Waals surface area contributed by atoms with E-state index in [1.165, 1.54) is 4.90 Å². The van der Waals surface area contributed by atoms with Crippen molar-refractivity contribution in [2.24, 2.45) is 0 Å². The Morgan fingerprint density at radius 2 is 1.72 bits per heavy atom. The van der Waals surface area contributed by atoms with Gasteiger partial charge in [-0.15, -0.1) is 0 Å². The molecule has 1 atom stereocenters. The number of hydrogen-bond donors (Lipinski definition) is 1. The summed E-state index contributed by atoms with van der Waals surface area (Å²) >= 11 is 6.24. The average molecular weight is 407 g/mol. The minimum Gasteiger partial charge on any atom is -0.445 e. The van der Waals surface area contributed by atoms with Gasteiger partial charge >= 0.3 is 6.09 Å². The zero-order chi connectivity index (χ0) is 20.2. The molecule has 0 bridgehead atoms. The number of fused-ring (bicyclic) bond motifs is 1. The van der Waals surface area contributed by atoms with Crippen molar-refractivity contribution >= 4 is 29.3 Å². The molecule has 0 saturated carbocycles. The van der Waals surface area contributed by atoms with Crippen LogP contribution in [-0.2, 0) is 16.1 Å². The van der Waals surface area contributed by atoms with E-state index in [-0.39, 0.29) is 19.1 Å². The first-order valence-electron chi connectivity index (χ1n) is 9.23. The molecule has 5 nitrogen and oxygen atoms in total. The minimum atomic E-state index is -0.564. The number of carbonyl (C=O) groups excluding carboxylic acids is 2. The Hall–Kier alpha value is -3.31. The topological polar surface area (TPSA) is 58.6 Å². The maximum absolute atomic E-state index is 13.0. The molecule has 0 fully saturated rings. The molecule has 0 radical (unpaired) electrons. The summed E-state index contributed by atoms with van der Waals surface area (Å²) in [5.74, 6) is -0.288. The first kappa shape index (κ1) is 19.0. The largest absolute Gasteiger partial charge is 0.445 e. The van der Waals surface area contributed by atoms with Crippen LogP contribution >= 0.6 is 11.6 Å². The summed E-state index contributed by atoms with van der Waals surface area (Å²) in [7, 11) is 0. The van der Waals surface area contributed by atoms with Crippen LogP contribution in [0.5, 0.6) is 0 Å². The first-order chi connectivity index (χ1) is 14.1. The standard InChI is InChI=1S/C23H19ClN2O3/c24-18-11-12-20-19(13-18)22(17-9-5-2-6-10-17)26(14-21(27)25-20)23(28)29-15-16-7-3-1-4-8-16/h1-13,22H,14-15H2,(H,25,27). The summed E-state index contributed by atoms with van der Waals surface area (Å²) < 4.78 is 5.54. The van der Waals surface area contributed by atoms with Gasteiger partial charge in [0.1, 0.15) is 13.2 Å². The van der Waals surface area contributed by atoms with Crippen LogP contribution in [0.4, 0.5) is 10.5 Å². The molecule has 29 heavy (non-hydrogen) atoms. The van der Waals surface area contributed by atoms with Crippen molar-refractivity contribution in [3.63, 3.8) is 0 Å². The highest BCUT2D eigenvalue weighted by Gasteiger charge is 2.34. The number of carbonyl (C=O) groups is 2. The number of benzene rings is 3. The van der Waals surface area contributed by atoms with E-state index in [1.54, 1.807) is 18.2 Å². The van der Waals surface area contributed by atoms with Gasteiger partial charge in [0.15, 0.2) is 0 Å². The molecule has 3 aromatic rings. The lowest BCUT2D eigenvalue weighted by Gasteiger charge is -2.29. The fourth-order valence-electron chi connectivity index (χ4n) is 3.44. The van der Waals surface area contributed by atoms with Crippen LogP contribution in [0.15, 0.2) is 78.9 Å². The Labute approximate surface area is 173 Å². The molecule has 1 aliphatic heterocycles. The number of nitrogens with zero attached hydrogens (tertiary/aromatic N) is 1. The van der Waals surface area contributed by atoms with Crippen LogP contribution in [0, 0.1) is 0 Å². The number of halogens is 1. The molecular formula is C23H19ClN2O3. The number of amides is 2. The Morgan fingerprint density at radius 3 is 2.45 bits per heavy atom. The summed E-state index contributed by atoms with van der Waals surface area (Å²) in [6.45, 7) is 0.00118. The van der Waals surface area contributed by atoms with E-state index >= 15 is 0 Å². The Kier molecular flexibility index (Phi) is 5.49. The fraction of sp³-hybridized carbons (Fsp3) is 0.130. The van der Waals surface area contributed by atoms with Crippen LogP contribution in [0.25, 0.3) is 0 Å². The maximum atomic E-state index is 13.0. The molecule has 0 aliphatic carbocycles. The average Bonchev–Trinajstić information content (AvgIpc) is 2.89. The van der Waals surface area contributed by atoms with Gasteiger partial charge in [-0.1, -0.05) is 72.3 Å². The van der Waals surface area contributed by atoms with Gasteiger partial charge in [0.05, 0.1) is 6.04 Å². The van der Waals surface area contributed by atoms with Crippen LogP contribution in [0.2, 0.25) is 5.02 Å². The molecule has 0 saturated heterocycles. The van der Waals surface area contributed by atoms with Gasteiger partial charge in [0.2, 0.25) is 5.91 Å². The number of nitrogens with one attached hydrogen (secondary N) is 1. The van der Waals surface area contributed by atoms with Gasteiger partial charge in [-0.3, -0.25) is 9.69 Å². The van der Waals surface area contributed by atoms with E-state index in [4.69, 9.17) is 16.3 Å². The van der Waals surface area contributed by atoms with Crippen molar-refractivity contribution < 1.29 is 14.3 Å². The summed E-state index contributed by atoms with van der Waals surface area (Å²) in [6.07, 6.45) is -0.564. The highest BCUT2D eigenvalue weighted by Crippen LogP contribution is 2.37. The third-order valence-corrected chi connectivity index (χ3v) is 5.00. The Bertz CT molecular complexity index is 1020. The van der Waals surface area contributed by atoms with Crippen LogP contribution in [0.3, 0.4) is 0 Å². The molecule has 0 aromatic heterocycles. The SMILES string of the molecule is O=C1CN(C(=O)OCc2ccccc2)C(c2ccccc2)c2cc(Cl)ccc2N1. The zero-order valence-electron chi connectivity index (χ0n) is 15.5. The smallest absolute Gasteiger partial charge is 0.411 e. The van der Waals surface area contributed by atoms with E-state index in [0.29, 0.717) is 10.7 Å². The van der Waals surface area contributed by atoms with Gasteiger partial charge in [-0.05, 0) is 29.3 Å². The third kappa shape index (κ3) is 4.25. The highest BCUT2D eigenvalue weighted by molar-refractivity contribution is 6.30.